The third kappa shape index (κ3) is 2.16. The highest BCUT2D eigenvalue weighted by atomic mass is 16.1. The fourth-order valence-corrected chi connectivity index (χ4v) is 2.77. The molecular weight excluding hydrogens is 236 g/mol. The topological polar surface area (TPSA) is 42.9 Å². The Morgan fingerprint density at radius 3 is 2.37 bits per heavy atom. The van der Waals surface area contributed by atoms with E-state index in [2.05, 4.69) is 34.2 Å². The molecule has 96 valence electrons. The predicted octanol–water partition coefficient (Wildman–Crippen LogP) is 2.87. The van der Waals surface area contributed by atoms with Crippen molar-refractivity contribution < 1.29 is 4.79 Å². The van der Waals surface area contributed by atoms with Crippen molar-refractivity contribution in [2.75, 3.05) is 0 Å². The smallest absolute Gasteiger partial charge is 0.163 e. The number of hydrogen-bond donors (Lipinski definition) is 0. The van der Waals surface area contributed by atoms with Gasteiger partial charge in [-0.05, 0) is 37.8 Å². The summed E-state index contributed by atoms with van der Waals surface area (Å²) in [7, 11) is 0. The minimum absolute atomic E-state index is 0.0266. The summed E-state index contributed by atoms with van der Waals surface area (Å²) in [6, 6.07) is 8.50. The molecule has 0 bridgehead atoms. The van der Waals surface area contributed by atoms with Crippen LogP contribution in [0.25, 0.3) is 0 Å². The molecular formula is C16H16N2O. The number of carbonyl (C=O) groups is 1. The van der Waals surface area contributed by atoms with Crippen molar-refractivity contribution in [1.29, 1.82) is 0 Å². The Labute approximate surface area is 112 Å². The molecule has 3 heteroatoms. The molecule has 0 unspecified atom stereocenters. The Balaban J connectivity index is 1.90. The maximum atomic E-state index is 11.4. The van der Waals surface area contributed by atoms with Crippen molar-refractivity contribution in [3.05, 3.63) is 58.7 Å². The Kier molecular flexibility index (Phi) is 2.90. The summed E-state index contributed by atoms with van der Waals surface area (Å²) in [6.45, 7) is 3.43. The average Bonchev–Trinajstić information content (AvgIpc) is 2.81. The maximum absolute atomic E-state index is 11.4. The van der Waals surface area contributed by atoms with E-state index in [0.29, 0.717) is 11.5 Å². The molecule has 0 radical (unpaired) electrons. The van der Waals surface area contributed by atoms with E-state index in [1.165, 1.54) is 11.1 Å². The van der Waals surface area contributed by atoms with E-state index >= 15 is 0 Å². The van der Waals surface area contributed by atoms with Crippen molar-refractivity contribution in [2.45, 2.75) is 32.6 Å². The summed E-state index contributed by atoms with van der Waals surface area (Å²) in [5, 5.41) is 0. The molecule has 0 N–H and O–H groups in total. The number of aromatic nitrogens is 2. The van der Waals surface area contributed by atoms with Gasteiger partial charge in [-0.2, -0.15) is 0 Å². The second-order valence-electron chi connectivity index (χ2n) is 5.16. The molecule has 3 rings (SSSR count). The highest BCUT2D eigenvalue weighted by molar-refractivity contribution is 5.94. The highest BCUT2D eigenvalue weighted by Gasteiger charge is 2.25. The molecule has 0 saturated carbocycles. The van der Waals surface area contributed by atoms with Crippen LogP contribution in [0.15, 0.2) is 30.5 Å². The van der Waals surface area contributed by atoms with Gasteiger partial charge in [-0.15, -0.1) is 0 Å². The summed E-state index contributed by atoms with van der Waals surface area (Å²) in [4.78, 5) is 20.3. The van der Waals surface area contributed by atoms with Crippen LogP contribution < -0.4 is 0 Å². The molecule has 1 aliphatic rings. The molecule has 0 atom stereocenters. The van der Waals surface area contributed by atoms with Gasteiger partial charge in [-0.25, -0.2) is 9.97 Å². The highest BCUT2D eigenvalue weighted by Crippen LogP contribution is 2.32. The van der Waals surface area contributed by atoms with Gasteiger partial charge in [0, 0.05) is 12.1 Å². The summed E-state index contributed by atoms with van der Waals surface area (Å²) in [6.07, 6.45) is 3.66. The van der Waals surface area contributed by atoms with Gasteiger partial charge in [0.15, 0.2) is 5.78 Å². The van der Waals surface area contributed by atoms with Crippen molar-refractivity contribution in [2.24, 2.45) is 0 Å². The monoisotopic (exact) mass is 252 g/mol. The fourth-order valence-electron chi connectivity index (χ4n) is 2.77. The third-order valence-corrected chi connectivity index (χ3v) is 3.79. The zero-order valence-corrected chi connectivity index (χ0v) is 11.2. The number of nitrogens with zero attached hydrogens (tertiary/aromatic N) is 2. The Morgan fingerprint density at radius 1 is 1.21 bits per heavy atom. The lowest BCUT2D eigenvalue weighted by atomic mass is 10.0. The molecule has 1 aromatic carbocycles. The first-order valence-electron chi connectivity index (χ1n) is 6.56. The minimum Gasteiger partial charge on any atom is -0.294 e. The summed E-state index contributed by atoms with van der Waals surface area (Å²) in [5.74, 6) is 1.23. The van der Waals surface area contributed by atoms with Gasteiger partial charge in [0.25, 0.3) is 0 Å². The molecule has 2 aromatic rings. The second kappa shape index (κ2) is 4.57. The van der Waals surface area contributed by atoms with Gasteiger partial charge in [0.2, 0.25) is 0 Å². The summed E-state index contributed by atoms with van der Waals surface area (Å²) < 4.78 is 0. The van der Waals surface area contributed by atoms with E-state index < -0.39 is 0 Å². The first-order chi connectivity index (χ1) is 9.15. The van der Waals surface area contributed by atoms with Crippen LogP contribution in [0.2, 0.25) is 0 Å². The van der Waals surface area contributed by atoms with Crippen LogP contribution in [0, 0.1) is 6.92 Å². The molecule has 0 spiro atoms. The second-order valence-corrected chi connectivity index (χ2v) is 5.16. The Hall–Kier alpha value is -2.03. The SMILES string of the molecule is CC(=O)c1cnc(C2Cc3ccccc3C2)nc1C. The lowest BCUT2D eigenvalue weighted by Gasteiger charge is -2.09. The van der Waals surface area contributed by atoms with Crippen LogP contribution in [0.3, 0.4) is 0 Å². The molecule has 1 aromatic heterocycles. The largest absolute Gasteiger partial charge is 0.294 e. The molecule has 3 nitrogen and oxygen atoms in total. The standard InChI is InChI=1S/C16H16N2O/c1-10-15(11(2)19)9-17-16(18-10)14-7-12-5-3-4-6-13(12)8-14/h3-6,9,14H,7-8H2,1-2H3. The van der Waals surface area contributed by atoms with E-state index in [9.17, 15) is 4.79 Å². The number of benzene rings is 1. The van der Waals surface area contributed by atoms with E-state index in [-0.39, 0.29) is 5.78 Å². The van der Waals surface area contributed by atoms with Gasteiger partial charge in [0.1, 0.15) is 5.82 Å². The first-order valence-corrected chi connectivity index (χ1v) is 6.56. The zero-order valence-electron chi connectivity index (χ0n) is 11.2. The first kappa shape index (κ1) is 12.0. The molecule has 1 heterocycles. The van der Waals surface area contributed by atoms with E-state index in [4.69, 9.17) is 0 Å². The van der Waals surface area contributed by atoms with E-state index in [0.717, 1.165) is 24.4 Å². The van der Waals surface area contributed by atoms with Crippen molar-refractivity contribution >= 4 is 5.78 Å². The number of ketones is 1. The molecule has 19 heavy (non-hydrogen) atoms. The number of hydrogen-bond acceptors (Lipinski definition) is 3. The van der Waals surface area contributed by atoms with Crippen molar-refractivity contribution in [3.8, 4) is 0 Å². The number of carbonyl (C=O) groups excluding carboxylic acids is 1. The fraction of sp³-hybridized carbons (Fsp3) is 0.312. The maximum Gasteiger partial charge on any atom is 0.163 e. The van der Waals surface area contributed by atoms with Crippen molar-refractivity contribution in [1.82, 2.24) is 9.97 Å². The number of Topliss-reactive ketones (excluding diaryl/α,β-unsaturated/α-hetero) is 1. The average molecular weight is 252 g/mol. The Bertz CT molecular complexity index is 624. The van der Waals surface area contributed by atoms with Crippen LogP contribution in [-0.4, -0.2) is 15.8 Å². The molecule has 0 fully saturated rings. The molecule has 1 aliphatic carbocycles. The summed E-state index contributed by atoms with van der Waals surface area (Å²) >= 11 is 0. The number of fused-ring (bicyclic) bond motifs is 1. The van der Waals surface area contributed by atoms with E-state index in [1.807, 2.05) is 6.92 Å². The van der Waals surface area contributed by atoms with Gasteiger partial charge in [-0.1, -0.05) is 24.3 Å². The lowest BCUT2D eigenvalue weighted by Crippen LogP contribution is -2.09. The van der Waals surface area contributed by atoms with Gasteiger partial charge >= 0.3 is 0 Å². The van der Waals surface area contributed by atoms with Crippen LogP contribution in [-0.2, 0) is 12.8 Å². The minimum atomic E-state index is 0.0266. The predicted molar refractivity (Wildman–Crippen MR) is 73.4 cm³/mol. The van der Waals surface area contributed by atoms with Crippen LogP contribution in [0.5, 0.6) is 0 Å². The summed E-state index contributed by atoms with van der Waals surface area (Å²) in [5.41, 5.74) is 4.20. The van der Waals surface area contributed by atoms with Crippen LogP contribution >= 0.6 is 0 Å². The molecule has 0 saturated heterocycles. The van der Waals surface area contributed by atoms with Crippen LogP contribution in [0.1, 0.15) is 45.8 Å². The zero-order chi connectivity index (χ0) is 13.4. The van der Waals surface area contributed by atoms with E-state index in [1.54, 1.807) is 13.1 Å². The van der Waals surface area contributed by atoms with Crippen molar-refractivity contribution in [3.63, 3.8) is 0 Å². The van der Waals surface area contributed by atoms with Gasteiger partial charge in [0.05, 0.1) is 11.3 Å². The van der Waals surface area contributed by atoms with Crippen LogP contribution in [0.4, 0.5) is 0 Å². The van der Waals surface area contributed by atoms with Gasteiger partial charge in [-0.3, -0.25) is 4.79 Å². The molecule has 0 aliphatic heterocycles. The quantitative estimate of drug-likeness (QED) is 0.772. The molecule has 0 amide bonds. The number of rotatable bonds is 2. The Morgan fingerprint density at radius 2 is 1.84 bits per heavy atom. The number of aryl methyl sites for hydroxylation is 1. The lowest BCUT2D eigenvalue weighted by molar-refractivity contribution is 0.101. The normalized spacial score (nSPS) is 14.4. The van der Waals surface area contributed by atoms with Gasteiger partial charge < -0.3 is 0 Å². The third-order valence-electron chi connectivity index (χ3n) is 3.79.